The van der Waals surface area contributed by atoms with Crippen LogP contribution in [0.25, 0.3) is 0 Å². The minimum Gasteiger partial charge on any atom is -0.314 e. The highest BCUT2D eigenvalue weighted by Gasteiger charge is 2.27. The lowest BCUT2D eigenvalue weighted by atomic mass is 9.75. The van der Waals surface area contributed by atoms with E-state index in [2.05, 4.69) is 19.2 Å². The van der Waals surface area contributed by atoms with E-state index in [1.54, 1.807) is 6.07 Å². The van der Waals surface area contributed by atoms with E-state index in [0.717, 1.165) is 30.4 Å². The van der Waals surface area contributed by atoms with E-state index in [1.165, 1.54) is 38.2 Å². The van der Waals surface area contributed by atoms with Crippen LogP contribution in [0.1, 0.15) is 51.5 Å². The molecule has 21 heavy (non-hydrogen) atoms. The first-order valence-corrected chi connectivity index (χ1v) is 8.69. The molecule has 0 radical (unpaired) electrons. The summed E-state index contributed by atoms with van der Waals surface area (Å²) in [6.07, 6.45) is 7.59. The molecule has 0 aliphatic heterocycles. The fourth-order valence-corrected chi connectivity index (χ4v) is 3.86. The Morgan fingerprint density at radius 1 is 1.33 bits per heavy atom. The second-order valence-corrected chi connectivity index (χ2v) is 6.72. The summed E-state index contributed by atoms with van der Waals surface area (Å²) in [7, 11) is 0. The number of likely N-dealkylation sites (N-methyl/N-ethyl adjacent to an activating group) is 1. The summed E-state index contributed by atoms with van der Waals surface area (Å²) in [4.78, 5) is 0. The molecule has 1 aliphatic rings. The molecule has 0 heterocycles. The Kier molecular flexibility index (Phi) is 6.50. The van der Waals surface area contributed by atoms with Crippen LogP contribution in [0.3, 0.4) is 0 Å². The average Bonchev–Trinajstić information content (AvgIpc) is 2.50. The highest BCUT2D eigenvalue weighted by molar-refractivity contribution is 6.30. The second-order valence-electron chi connectivity index (χ2n) is 6.32. The van der Waals surface area contributed by atoms with Gasteiger partial charge in [0.1, 0.15) is 5.82 Å². The Balaban J connectivity index is 2.05. The Bertz CT molecular complexity index is 449. The SMILES string of the molecule is CCNC(Cc1ccc(F)c(Cl)c1)C1CCCC(CC)C1. The van der Waals surface area contributed by atoms with E-state index in [9.17, 15) is 4.39 Å². The zero-order chi connectivity index (χ0) is 15.2. The highest BCUT2D eigenvalue weighted by atomic mass is 35.5. The fraction of sp³-hybridized carbons (Fsp3) is 0.667. The molecule has 1 nitrogen and oxygen atoms in total. The van der Waals surface area contributed by atoms with Gasteiger partial charge in [-0.1, -0.05) is 50.8 Å². The number of benzene rings is 1. The Labute approximate surface area is 133 Å². The molecule has 0 bridgehead atoms. The van der Waals surface area contributed by atoms with Gasteiger partial charge in [-0.2, -0.15) is 0 Å². The van der Waals surface area contributed by atoms with Gasteiger partial charge in [-0.15, -0.1) is 0 Å². The summed E-state index contributed by atoms with van der Waals surface area (Å²) in [5, 5.41) is 3.88. The molecule has 3 unspecified atom stereocenters. The Morgan fingerprint density at radius 3 is 2.81 bits per heavy atom. The van der Waals surface area contributed by atoms with E-state index in [-0.39, 0.29) is 10.8 Å². The maximum absolute atomic E-state index is 13.3. The number of halogens is 2. The zero-order valence-corrected chi connectivity index (χ0v) is 13.9. The number of rotatable bonds is 6. The van der Waals surface area contributed by atoms with Gasteiger partial charge in [-0.3, -0.25) is 0 Å². The summed E-state index contributed by atoms with van der Waals surface area (Å²) in [6.45, 7) is 5.44. The largest absolute Gasteiger partial charge is 0.314 e. The van der Waals surface area contributed by atoms with Crippen LogP contribution in [0.2, 0.25) is 5.02 Å². The number of nitrogens with one attached hydrogen (secondary N) is 1. The minimum atomic E-state index is -0.330. The smallest absolute Gasteiger partial charge is 0.141 e. The molecule has 1 saturated carbocycles. The summed E-state index contributed by atoms with van der Waals surface area (Å²) < 4.78 is 13.3. The molecule has 1 fully saturated rings. The van der Waals surface area contributed by atoms with E-state index in [0.29, 0.717) is 6.04 Å². The number of hydrogen-bond acceptors (Lipinski definition) is 1. The molecule has 118 valence electrons. The Morgan fingerprint density at radius 2 is 2.14 bits per heavy atom. The summed E-state index contributed by atoms with van der Waals surface area (Å²) >= 11 is 5.91. The van der Waals surface area contributed by atoms with Crippen LogP contribution < -0.4 is 5.32 Å². The predicted octanol–water partition coefficient (Wildman–Crippen LogP) is 5.22. The lowest BCUT2D eigenvalue weighted by Gasteiger charge is -2.35. The third kappa shape index (κ3) is 4.69. The molecule has 3 atom stereocenters. The third-order valence-corrected chi connectivity index (χ3v) is 5.17. The first-order chi connectivity index (χ1) is 10.1. The summed E-state index contributed by atoms with van der Waals surface area (Å²) in [5.74, 6) is 1.28. The van der Waals surface area contributed by atoms with E-state index >= 15 is 0 Å². The van der Waals surface area contributed by atoms with Crippen LogP contribution in [0, 0.1) is 17.7 Å². The van der Waals surface area contributed by atoms with Crippen molar-refractivity contribution in [3.63, 3.8) is 0 Å². The third-order valence-electron chi connectivity index (χ3n) is 4.88. The molecule has 2 rings (SSSR count). The van der Waals surface area contributed by atoms with Gasteiger partial charge in [0.15, 0.2) is 0 Å². The van der Waals surface area contributed by atoms with Crippen LogP contribution >= 0.6 is 11.6 Å². The number of hydrogen-bond donors (Lipinski definition) is 1. The van der Waals surface area contributed by atoms with Crippen molar-refractivity contribution in [3.05, 3.63) is 34.6 Å². The standard InChI is InChI=1S/C18H27ClFN/c1-3-13-6-5-7-15(10-13)18(21-4-2)12-14-8-9-17(20)16(19)11-14/h8-9,11,13,15,18,21H,3-7,10,12H2,1-2H3. The Hall–Kier alpha value is -0.600. The molecular weight excluding hydrogens is 285 g/mol. The quantitative estimate of drug-likeness (QED) is 0.760. The maximum Gasteiger partial charge on any atom is 0.141 e. The maximum atomic E-state index is 13.3. The first-order valence-electron chi connectivity index (χ1n) is 8.31. The monoisotopic (exact) mass is 311 g/mol. The van der Waals surface area contributed by atoms with E-state index in [1.807, 2.05) is 6.07 Å². The molecule has 1 N–H and O–H groups in total. The van der Waals surface area contributed by atoms with Crippen molar-refractivity contribution in [1.29, 1.82) is 0 Å². The summed E-state index contributed by atoms with van der Waals surface area (Å²) in [5.41, 5.74) is 1.13. The van der Waals surface area contributed by atoms with Gasteiger partial charge in [0.05, 0.1) is 5.02 Å². The van der Waals surface area contributed by atoms with Crippen molar-refractivity contribution in [2.75, 3.05) is 6.54 Å². The lowest BCUT2D eigenvalue weighted by Crippen LogP contribution is -2.40. The van der Waals surface area contributed by atoms with Crippen molar-refractivity contribution < 1.29 is 4.39 Å². The van der Waals surface area contributed by atoms with Gasteiger partial charge < -0.3 is 5.32 Å². The van der Waals surface area contributed by atoms with Crippen LogP contribution in [0.4, 0.5) is 4.39 Å². The van der Waals surface area contributed by atoms with E-state index < -0.39 is 0 Å². The van der Waals surface area contributed by atoms with Crippen LogP contribution in [0.5, 0.6) is 0 Å². The molecule has 0 aromatic heterocycles. The van der Waals surface area contributed by atoms with Crippen LogP contribution in [0.15, 0.2) is 18.2 Å². The molecule has 1 aromatic carbocycles. The predicted molar refractivity (Wildman–Crippen MR) is 88.3 cm³/mol. The molecule has 1 aromatic rings. The van der Waals surface area contributed by atoms with Crippen LogP contribution in [-0.2, 0) is 6.42 Å². The molecule has 0 spiro atoms. The van der Waals surface area contributed by atoms with Crippen molar-refractivity contribution in [2.24, 2.45) is 11.8 Å². The summed E-state index contributed by atoms with van der Waals surface area (Å²) in [6, 6.07) is 5.61. The van der Waals surface area contributed by atoms with Crippen molar-refractivity contribution in [1.82, 2.24) is 5.32 Å². The van der Waals surface area contributed by atoms with Crippen molar-refractivity contribution >= 4 is 11.6 Å². The normalized spacial score (nSPS) is 24.0. The molecular formula is C18H27ClFN. The van der Waals surface area contributed by atoms with Crippen molar-refractivity contribution in [3.8, 4) is 0 Å². The molecule has 3 heteroatoms. The zero-order valence-electron chi connectivity index (χ0n) is 13.2. The molecule has 1 aliphatic carbocycles. The van der Waals surface area contributed by atoms with E-state index in [4.69, 9.17) is 11.6 Å². The topological polar surface area (TPSA) is 12.0 Å². The fourth-order valence-electron chi connectivity index (χ4n) is 3.66. The van der Waals surface area contributed by atoms with Gasteiger partial charge in [-0.05, 0) is 55.3 Å². The van der Waals surface area contributed by atoms with Gasteiger partial charge in [0, 0.05) is 6.04 Å². The lowest BCUT2D eigenvalue weighted by molar-refractivity contribution is 0.208. The van der Waals surface area contributed by atoms with Gasteiger partial charge >= 0.3 is 0 Å². The van der Waals surface area contributed by atoms with Gasteiger partial charge in [0.2, 0.25) is 0 Å². The molecule has 0 amide bonds. The second kappa shape index (κ2) is 8.14. The van der Waals surface area contributed by atoms with Crippen molar-refractivity contribution in [2.45, 2.75) is 58.4 Å². The molecule has 0 saturated heterocycles. The first kappa shape index (κ1) is 16.8. The van der Waals surface area contributed by atoms with Gasteiger partial charge in [-0.25, -0.2) is 4.39 Å². The highest BCUT2D eigenvalue weighted by Crippen LogP contribution is 2.34. The van der Waals surface area contributed by atoms with Crippen LogP contribution in [-0.4, -0.2) is 12.6 Å². The van der Waals surface area contributed by atoms with Gasteiger partial charge in [0.25, 0.3) is 0 Å². The average molecular weight is 312 g/mol. The minimum absolute atomic E-state index is 0.234.